The zero-order chi connectivity index (χ0) is 29.2. The van der Waals surface area contributed by atoms with Crippen LogP contribution in [0.2, 0.25) is 0 Å². The van der Waals surface area contributed by atoms with Crippen LogP contribution in [0.1, 0.15) is 127 Å². The van der Waals surface area contributed by atoms with Crippen molar-refractivity contribution in [3.63, 3.8) is 0 Å². The number of rotatable bonds is 1. The topological polar surface area (TPSA) is 77.8 Å². The molecule has 9 unspecified atom stereocenters. The second-order valence-corrected chi connectivity index (χ2v) is 17.4. The molecule has 5 heteroatoms. The highest BCUT2D eigenvalue weighted by Gasteiger charge is 2.70. The molecule has 0 spiro atoms. The van der Waals surface area contributed by atoms with Crippen molar-refractivity contribution in [1.82, 2.24) is 5.06 Å². The van der Waals surface area contributed by atoms with Gasteiger partial charge in [-0.1, -0.05) is 54.0 Å². The number of ketones is 1. The number of nitrogens with zero attached hydrogens (tertiary/aromatic N) is 1. The molecule has 4 saturated carbocycles. The normalized spacial score (nSPS) is 49.1. The number of hydrogen-bond acceptors (Lipinski definition) is 4. The second kappa shape index (κ2) is 8.43. The van der Waals surface area contributed by atoms with Crippen LogP contribution in [0.15, 0.2) is 11.6 Å². The maximum absolute atomic E-state index is 14.4. The van der Waals surface area contributed by atoms with Crippen LogP contribution < -0.4 is 0 Å². The summed E-state index contributed by atoms with van der Waals surface area (Å²) in [5.41, 5.74) is -0.527. The minimum Gasteiger partial charge on any atom is -0.393 e. The summed E-state index contributed by atoms with van der Waals surface area (Å²) in [6, 6.07) is 0. The molecular weight excluding hydrogens is 486 g/mol. The molecule has 0 bridgehead atoms. The van der Waals surface area contributed by atoms with Gasteiger partial charge in [0.2, 0.25) is 0 Å². The Labute approximate surface area is 237 Å². The van der Waals surface area contributed by atoms with Crippen LogP contribution in [-0.4, -0.2) is 38.7 Å². The van der Waals surface area contributed by atoms with E-state index >= 15 is 0 Å². The number of hydroxylamine groups is 2. The molecule has 9 atom stereocenters. The van der Waals surface area contributed by atoms with Crippen LogP contribution >= 0.6 is 0 Å². The summed E-state index contributed by atoms with van der Waals surface area (Å²) in [6.07, 6.45) is 10.0. The number of carbonyl (C=O) groups excluding carboxylic acids is 2. The Hall–Kier alpha value is -1.20. The molecule has 4 fully saturated rings. The minimum absolute atomic E-state index is 0.0425. The van der Waals surface area contributed by atoms with Gasteiger partial charge < -0.3 is 5.11 Å². The number of carbonyl (C=O) groups is 2. The Morgan fingerprint density at radius 2 is 1.54 bits per heavy atom. The van der Waals surface area contributed by atoms with E-state index in [4.69, 9.17) is 0 Å². The van der Waals surface area contributed by atoms with E-state index in [0.29, 0.717) is 12.3 Å². The van der Waals surface area contributed by atoms with E-state index in [1.165, 1.54) is 5.57 Å². The molecule has 220 valence electrons. The van der Waals surface area contributed by atoms with E-state index < -0.39 is 11.0 Å². The van der Waals surface area contributed by atoms with Crippen molar-refractivity contribution in [2.45, 2.75) is 139 Å². The summed E-state index contributed by atoms with van der Waals surface area (Å²) >= 11 is 0. The molecule has 5 aliphatic carbocycles. The van der Waals surface area contributed by atoms with Crippen LogP contribution in [0, 0.1) is 50.2 Å². The summed E-state index contributed by atoms with van der Waals surface area (Å²) in [6.45, 7) is 21.6. The fourth-order valence-electron chi connectivity index (χ4n) is 10.9. The third-order valence-electron chi connectivity index (χ3n) is 13.9. The van der Waals surface area contributed by atoms with Crippen LogP contribution in [0.3, 0.4) is 0 Å². The number of fused-ring (bicyclic) bond motifs is 7. The van der Waals surface area contributed by atoms with Crippen molar-refractivity contribution in [3.8, 4) is 0 Å². The molecule has 1 amide bonds. The average Bonchev–Trinajstić information content (AvgIpc) is 2.82. The van der Waals surface area contributed by atoms with Crippen molar-refractivity contribution in [3.05, 3.63) is 11.6 Å². The fraction of sp³-hybridized carbons (Fsp3) is 0.882. The van der Waals surface area contributed by atoms with Crippen LogP contribution in [0.5, 0.6) is 0 Å². The number of allylic oxidation sites excluding steroid dienone is 2. The largest absolute Gasteiger partial charge is 0.393 e. The highest BCUT2D eigenvalue weighted by atomic mass is 16.5. The molecule has 0 aliphatic heterocycles. The van der Waals surface area contributed by atoms with E-state index in [1.54, 1.807) is 0 Å². The number of amides is 1. The molecule has 0 radical (unpaired) electrons. The summed E-state index contributed by atoms with van der Waals surface area (Å²) in [7, 11) is 0. The van der Waals surface area contributed by atoms with E-state index in [1.807, 2.05) is 27.7 Å². The molecule has 0 heterocycles. The maximum Gasteiger partial charge on any atom is 0.252 e. The van der Waals surface area contributed by atoms with E-state index in [-0.39, 0.29) is 56.7 Å². The first kappa shape index (κ1) is 29.3. The summed E-state index contributed by atoms with van der Waals surface area (Å²) < 4.78 is 0. The maximum atomic E-state index is 14.4. The first-order valence-corrected chi connectivity index (χ1v) is 15.7. The van der Waals surface area contributed by atoms with Crippen LogP contribution in [0.25, 0.3) is 0 Å². The fourth-order valence-corrected chi connectivity index (χ4v) is 10.9. The number of aliphatic hydroxyl groups excluding tert-OH is 1. The van der Waals surface area contributed by atoms with Gasteiger partial charge in [-0.3, -0.25) is 14.8 Å². The van der Waals surface area contributed by atoms with Crippen LogP contribution in [0.4, 0.5) is 0 Å². The number of aliphatic hydroxyl groups is 1. The molecule has 0 saturated heterocycles. The summed E-state index contributed by atoms with van der Waals surface area (Å²) in [5, 5.41) is 22.8. The molecule has 0 aromatic heterocycles. The Morgan fingerprint density at radius 3 is 2.15 bits per heavy atom. The first-order valence-electron chi connectivity index (χ1n) is 15.7. The van der Waals surface area contributed by atoms with Gasteiger partial charge in [0.15, 0.2) is 5.78 Å². The summed E-state index contributed by atoms with van der Waals surface area (Å²) in [5.74, 6) is 0.535. The Bertz CT molecular complexity index is 1100. The predicted molar refractivity (Wildman–Crippen MR) is 154 cm³/mol. The van der Waals surface area contributed by atoms with Crippen molar-refractivity contribution < 1.29 is 19.9 Å². The third kappa shape index (κ3) is 3.76. The second-order valence-electron chi connectivity index (χ2n) is 17.4. The zero-order valence-corrected chi connectivity index (χ0v) is 26.4. The molecule has 5 aliphatic rings. The molecule has 39 heavy (non-hydrogen) atoms. The van der Waals surface area contributed by atoms with Gasteiger partial charge in [-0.2, -0.15) is 0 Å². The van der Waals surface area contributed by atoms with Crippen LogP contribution in [-0.2, 0) is 9.59 Å². The molecule has 0 aromatic carbocycles. The zero-order valence-electron chi connectivity index (χ0n) is 26.4. The van der Waals surface area contributed by atoms with Gasteiger partial charge in [0.05, 0.1) is 11.6 Å². The van der Waals surface area contributed by atoms with E-state index in [2.05, 4.69) is 47.6 Å². The van der Waals surface area contributed by atoms with Gasteiger partial charge >= 0.3 is 0 Å². The number of hydrogen-bond donors (Lipinski definition) is 2. The highest BCUT2D eigenvalue weighted by molar-refractivity contribution is 5.95. The van der Waals surface area contributed by atoms with Gasteiger partial charge in [0, 0.05) is 11.3 Å². The Kier molecular flexibility index (Phi) is 6.33. The van der Waals surface area contributed by atoms with Gasteiger partial charge in [-0.15, -0.1) is 0 Å². The SMILES string of the molecule is CC1(C(=O)N(O)C(C)(C)C)CCC2(C)CCC3(C)C(=CC(=O)C4C5(C)CCC(O)C(C)(C)C5CCC43C)C2C1. The van der Waals surface area contributed by atoms with Crippen molar-refractivity contribution in [2.24, 2.45) is 50.2 Å². The van der Waals surface area contributed by atoms with Gasteiger partial charge in [0.1, 0.15) is 0 Å². The molecule has 5 nitrogen and oxygen atoms in total. The standard InChI is InChI=1S/C34H55NO4/c1-28(2,3)35(39)27(38)31(7)16-15-30(6)17-18-33(9)21(22(30)20-31)19-23(36)26-32(8)13-12-25(37)29(4,5)24(32)11-14-34(26,33)10/h19,22,24-26,37,39H,11-18,20H2,1-10H3. The predicted octanol–water partition coefficient (Wildman–Crippen LogP) is 7.34. The van der Waals surface area contributed by atoms with Crippen molar-refractivity contribution >= 4 is 11.7 Å². The smallest absolute Gasteiger partial charge is 0.252 e. The Morgan fingerprint density at radius 1 is 0.923 bits per heavy atom. The lowest BCUT2D eigenvalue weighted by Gasteiger charge is -2.70. The quantitative estimate of drug-likeness (QED) is 0.269. The lowest BCUT2D eigenvalue weighted by molar-refractivity contribution is -0.207. The van der Waals surface area contributed by atoms with E-state index in [0.717, 1.165) is 56.4 Å². The van der Waals surface area contributed by atoms with Gasteiger partial charge in [-0.25, -0.2) is 5.06 Å². The third-order valence-corrected chi connectivity index (χ3v) is 13.9. The van der Waals surface area contributed by atoms with Crippen molar-refractivity contribution in [1.29, 1.82) is 0 Å². The highest BCUT2D eigenvalue weighted by Crippen LogP contribution is 2.75. The lowest BCUT2D eigenvalue weighted by Crippen LogP contribution is -2.66. The molecule has 0 aromatic rings. The van der Waals surface area contributed by atoms with E-state index in [9.17, 15) is 19.9 Å². The van der Waals surface area contributed by atoms with Crippen molar-refractivity contribution in [2.75, 3.05) is 0 Å². The average molecular weight is 542 g/mol. The Balaban J connectivity index is 1.57. The first-order chi connectivity index (χ1) is 17.7. The molecular formula is C34H55NO4. The lowest BCUT2D eigenvalue weighted by atomic mass is 9.33. The van der Waals surface area contributed by atoms with Gasteiger partial charge in [-0.05, 0) is 124 Å². The monoisotopic (exact) mass is 541 g/mol. The molecule has 2 N–H and O–H groups in total. The summed E-state index contributed by atoms with van der Waals surface area (Å²) in [4.78, 5) is 28.1. The molecule has 5 rings (SSSR count). The minimum atomic E-state index is -0.655. The van der Waals surface area contributed by atoms with Gasteiger partial charge in [0.25, 0.3) is 5.91 Å².